The molecule has 0 aromatic carbocycles. The summed E-state index contributed by atoms with van der Waals surface area (Å²) in [5, 5.41) is 7.95. The molecule has 0 atom stereocenters. The van der Waals surface area contributed by atoms with Crippen LogP contribution in [-0.2, 0) is 12.7 Å². The molecule has 9 heteroatoms. The van der Waals surface area contributed by atoms with Gasteiger partial charge in [0.2, 0.25) is 0 Å². The minimum Gasteiger partial charge on any atom is -0.325 e. The van der Waals surface area contributed by atoms with Crippen LogP contribution >= 0.6 is 0 Å². The molecule has 0 spiro atoms. The lowest BCUT2D eigenvalue weighted by Gasteiger charge is -2.10. The molecule has 6 nitrogen and oxygen atoms in total. The molecule has 1 aliphatic rings. The van der Waals surface area contributed by atoms with E-state index in [0.29, 0.717) is 23.0 Å². The number of rotatable bonds is 5. The predicted octanol–water partition coefficient (Wildman–Crippen LogP) is 4.52. The smallest absolute Gasteiger partial charge is 0.325 e. The van der Waals surface area contributed by atoms with Gasteiger partial charge in [-0.3, -0.25) is 4.98 Å². The van der Waals surface area contributed by atoms with E-state index in [1.54, 1.807) is 0 Å². The van der Waals surface area contributed by atoms with E-state index in [-0.39, 0.29) is 0 Å². The van der Waals surface area contributed by atoms with Crippen LogP contribution < -0.4 is 5.32 Å². The van der Waals surface area contributed by atoms with Crippen molar-refractivity contribution in [3.8, 4) is 11.3 Å². The second-order valence-corrected chi connectivity index (χ2v) is 7.05. The molecule has 1 N–H and O–H groups in total. The summed E-state index contributed by atoms with van der Waals surface area (Å²) in [6.45, 7) is 4.52. The Morgan fingerprint density at radius 2 is 1.93 bits per heavy atom. The normalized spacial score (nSPS) is 14.3. The standard InChI is InChI=1S/C19H19F3N6/c1-11-7-16(25-10-24-11)26-18-12(2)17(27-28(18)9-13-3-4-13)14-5-6-15(23-8-14)19(20,21)22/h5-8,10,13H,3-4,9H2,1-2H3,(H,24,25,26). The summed E-state index contributed by atoms with van der Waals surface area (Å²) in [6.07, 6.45) is 0.550. The number of alkyl halides is 3. The van der Waals surface area contributed by atoms with E-state index < -0.39 is 11.9 Å². The Balaban J connectivity index is 1.71. The summed E-state index contributed by atoms with van der Waals surface area (Å²) >= 11 is 0. The van der Waals surface area contributed by atoms with Gasteiger partial charge in [0.15, 0.2) is 0 Å². The van der Waals surface area contributed by atoms with Gasteiger partial charge < -0.3 is 5.32 Å². The van der Waals surface area contributed by atoms with Crippen LogP contribution in [0.2, 0.25) is 0 Å². The molecule has 0 bridgehead atoms. The molecule has 0 aliphatic heterocycles. The van der Waals surface area contributed by atoms with E-state index in [1.807, 2.05) is 24.6 Å². The third kappa shape index (κ3) is 3.83. The number of pyridine rings is 1. The van der Waals surface area contributed by atoms with E-state index in [9.17, 15) is 13.2 Å². The molecule has 28 heavy (non-hydrogen) atoms. The number of hydrogen-bond acceptors (Lipinski definition) is 5. The molecule has 3 aromatic heterocycles. The van der Waals surface area contributed by atoms with Gasteiger partial charge in [0.1, 0.15) is 23.7 Å². The topological polar surface area (TPSA) is 68.5 Å². The SMILES string of the molecule is Cc1cc(Nc2c(C)c(-c3ccc(C(F)(F)F)nc3)nn2CC2CC2)ncn1. The van der Waals surface area contributed by atoms with Crippen molar-refractivity contribution in [1.82, 2.24) is 24.7 Å². The molecular formula is C19H19F3N6. The largest absolute Gasteiger partial charge is 0.433 e. The van der Waals surface area contributed by atoms with Crippen molar-refractivity contribution in [2.75, 3.05) is 5.32 Å². The van der Waals surface area contributed by atoms with Crippen molar-refractivity contribution < 1.29 is 13.2 Å². The van der Waals surface area contributed by atoms with Gasteiger partial charge in [-0.25, -0.2) is 14.6 Å². The lowest BCUT2D eigenvalue weighted by molar-refractivity contribution is -0.141. The molecule has 0 radical (unpaired) electrons. The molecule has 4 rings (SSSR count). The summed E-state index contributed by atoms with van der Waals surface area (Å²) < 4.78 is 40.2. The number of hydrogen-bond donors (Lipinski definition) is 1. The van der Waals surface area contributed by atoms with E-state index in [4.69, 9.17) is 0 Å². The highest BCUT2D eigenvalue weighted by molar-refractivity contribution is 5.70. The van der Waals surface area contributed by atoms with Gasteiger partial charge in [0.25, 0.3) is 0 Å². The fraction of sp³-hybridized carbons (Fsp3) is 0.368. The Morgan fingerprint density at radius 3 is 2.54 bits per heavy atom. The molecule has 1 aliphatic carbocycles. The Morgan fingerprint density at radius 1 is 1.14 bits per heavy atom. The van der Waals surface area contributed by atoms with Crippen LogP contribution in [0, 0.1) is 19.8 Å². The summed E-state index contributed by atoms with van der Waals surface area (Å²) in [6, 6.07) is 4.22. The van der Waals surface area contributed by atoms with Crippen LogP contribution in [0.5, 0.6) is 0 Å². The molecular weight excluding hydrogens is 369 g/mol. The Kier molecular flexibility index (Phi) is 4.52. The first kappa shape index (κ1) is 18.4. The molecule has 3 aromatic rings. The third-order valence-electron chi connectivity index (χ3n) is 4.69. The van der Waals surface area contributed by atoms with Crippen molar-refractivity contribution in [2.24, 2.45) is 5.92 Å². The first-order chi connectivity index (χ1) is 13.3. The average molecular weight is 388 g/mol. The first-order valence-corrected chi connectivity index (χ1v) is 8.98. The molecule has 0 amide bonds. The van der Waals surface area contributed by atoms with Gasteiger partial charge in [-0.1, -0.05) is 0 Å². The Hall–Kier alpha value is -2.97. The van der Waals surface area contributed by atoms with Crippen LogP contribution in [0.25, 0.3) is 11.3 Å². The van der Waals surface area contributed by atoms with Crippen molar-refractivity contribution in [3.63, 3.8) is 0 Å². The average Bonchev–Trinajstić information content (AvgIpc) is 3.41. The quantitative estimate of drug-likeness (QED) is 0.696. The number of halogens is 3. The summed E-state index contributed by atoms with van der Waals surface area (Å²) in [5.74, 6) is 2.00. The number of nitrogens with one attached hydrogen (secondary N) is 1. The second-order valence-electron chi connectivity index (χ2n) is 7.05. The molecule has 0 saturated heterocycles. The van der Waals surface area contributed by atoms with Crippen LogP contribution in [0.15, 0.2) is 30.7 Å². The monoisotopic (exact) mass is 388 g/mol. The molecule has 1 fully saturated rings. The van der Waals surface area contributed by atoms with Crippen molar-refractivity contribution in [2.45, 2.75) is 39.4 Å². The van der Waals surface area contributed by atoms with Crippen LogP contribution in [-0.4, -0.2) is 24.7 Å². The van der Waals surface area contributed by atoms with Crippen molar-refractivity contribution >= 4 is 11.6 Å². The minimum absolute atomic E-state index is 0.543. The second kappa shape index (κ2) is 6.88. The van der Waals surface area contributed by atoms with E-state index >= 15 is 0 Å². The Bertz CT molecular complexity index is 990. The van der Waals surface area contributed by atoms with Crippen molar-refractivity contribution in [3.05, 3.63) is 47.7 Å². The summed E-state index contributed by atoms with van der Waals surface area (Å²) in [4.78, 5) is 11.9. The van der Waals surface area contributed by atoms with Crippen molar-refractivity contribution in [1.29, 1.82) is 0 Å². The highest BCUT2D eigenvalue weighted by Gasteiger charge is 2.32. The molecule has 0 unspecified atom stereocenters. The number of nitrogens with zero attached hydrogens (tertiary/aromatic N) is 5. The van der Waals surface area contributed by atoms with Gasteiger partial charge in [0, 0.05) is 35.6 Å². The third-order valence-corrected chi connectivity index (χ3v) is 4.69. The fourth-order valence-electron chi connectivity index (χ4n) is 3.01. The zero-order valence-corrected chi connectivity index (χ0v) is 15.5. The fourth-order valence-corrected chi connectivity index (χ4v) is 3.01. The van der Waals surface area contributed by atoms with E-state index in [0.717, 1.165) is 42.5 Å². The minimum atomic E-state index is -4.46. The van der Waals surface area contributed by atoms with E-state index in [2.05, 4.69) is 25.4 Å². The van der Waals surface area contributed by atoms with E-state index in [1.165, 1.54) is 18.6 Å². The maximum absolute atomic E-state index is 12.8. The lowest BCUT2D eigenvalue weighted by atomic mass is 10.1. The highest BCUT2D eigenvalue weighted by Crippen LogP contribution is 2.36. The van der Waals surface area contributed by atoms with Gasteiger partial charge in [-0.05, 0) is 44.7 Å². The maximum Gasteiger partial charge on any atom is 0.433 e. The zero-order valence-electron chi connectivity index (χ0n) is 15.5. The van der Waals surface area contributed by atoms with Gasteiger partial charge in [-0.15, -0.1) is 0 Å². The van der Waals surface area contributed by atoms with Gasteiger partial charge >= 0.3 is 6.18 Å². The molecule has 3 heterocycles. The Labute approximate surface area is 159 Å². The van der Waals surface area contributed by atoms with Crippen LogP contribution in [0.1, 0.15) is 29.8 Å². The van der Waals surface area contributed by atoms with Gasteiger partial charge in [-0.2, -0.15) is 18.3 Å². The van der Waals surface area contributed by atoms with Crippen LogP contribution in [0.3, 0.4) is 0 Å². The number of aryl methyl sites for hydroxylation is 1. The molecule has 146 valence electrons. The maximum atomic E-state index is 12.8. The van der Waals surface area contributed by atoms with Gasteiger partial charge in [0.05, 0.1) is 5.69 Å². The number of aromatic nitrogens is 5. The highest BCUT2D eigenvalue weighted by atomic mass is 19.4. The lowest BCUT2D eigenvalue weighted by Crippen LogP contribution is -2.08. The summed E-state index contributed by atoms with van der Waals surface area (Å²) in [5.41, 5.74) is 1.90. The summed E-state index contributed by atoms with van der Waals surface area (Å²) in [7, 11) is 0. The molecule has 1 saturated carbocycles. The predicted molar refractivity (Wildman–Crippen MR) is 98.0 cm³/mol. The number of anilines is 2. The first-order valence-electron chi connectivity index (χ1n) is 8.98. The van der Waals surface area contributed by atoms with Crippen LogP contribution in [0.4, 0.5) is 24.8 Å². The zero-order chi connectivity index (χ0) is 19.9.